The summed E-state index contributed by atoms with van der Waals surface area (Å²) in [5, 5.41) is 0. The van der Waals surface area contributed by atoms with Gasteiger partial charge in [-0.25, -0.2) is 0 Å². The fraction of sp³-hybridized carbons (Fsp3) is 1.00. The molecule has 0 bridgehead atoms. The first-order chi connectivity index (χ1) is 5.81. The van der Waals surface area contributed by atoms with Crippen LogP contribution in [0.5, 0.6) is 0 Å². The van der Waals surface area contributed by atoms with Gasteiger partial charge in [0.25, 0.3) is 0 Å². The Labute approximate surface area is 85.7 Å². The summed E-state index contributed by atoms with van der Waals surface area (Å²) in [5.74, 6) is 0. The van der Waals surface area contributed by atoms with E-state index in [1.165, 1.54) is 43.3 Å². The van der Waals surface area contributed by atoms with Crippen molar-refractivity contribution in [1.82, 2.24) is 8.43 Å². The van der Waals surface area contributed by atoms with Gasteiger partial charge in [0, 0.05) is 0 Å². The van der Waals surface area contributed by atoms with Gasteiger partial charge in [0.05, 0.1) is 0 Å². The summed E-state index contributed by atoms with van der Waals surface area (Å²) in [5.41, 5.74) is 0.742. The Morgan fingerprint density at radius 1 is 1.42 bits per heavy atom. The zero-order chi connectivity index (χ0) is 8.44. The number of hydrogen-bond acceptors (Lipinski definition) is 2. The maximum absolute atomic E-state index is 3.56. The van der Waals surface area contributed by atoms with Crippen molar-refractivity contribution in [1.29, 1.82) is 0 Å². The minimum absolute atomic E-state index is 0.344. The fourth-order valence-electron chi connectivity index (χ4n) is 2.40. The molecule has 2 heterocycles. The van der Waals surface area contributed by atoms with Gasteiger partial charge in [-0.15, -0.1) is 0 Å². The molecule has 12 heavy (non-hydrogen) atoms. The Hall–Kier alpha value is 0.650. The fourth-order valence-corrected chi connectivity index (χ4v) is 5.14. The number of rotatable bonds is 0. The van der Waals surface area contributed by atoms with Crippen LogP contribution in [0.2, 0.25) is 0 Å². The Balaban J connectivity index is 1.97. The summed E-state index contributed by atoms with van der Waals surface area (Å²) in [7, 11) is 2.28. The molecule has 1 spiro atoms. The van der Waals surface area contributed by atoms with Crippen LogP contribution in [-0.4, -0.2) is 36.0 Å². The summed E-state index contributed by atoms with van der Waals surface area (Å²) < 4.78 is 5.07. The molecule has 2 aliphatic heterocycles. The van der Waals surface area contributed by atoms with E-state index in [1.807, 2.05) is 0 Å². The van der Waals surface area contributed by atoms with Gasteiger partial charge in [0.2, 0.25) is 0 Å². The Morgan fingerprint density at radius 2 is 2.33 bits per heavy atom. The second-order valence-corrected chi connectivity index (χ2v) is 6.53. The normalized spacial score (nSPS) is 39.4. The predicted octanol–water partition coefficient (Wildman–Crippen LogP) is -2.30. The van der Waals surface area contributed by atoms with Crippen molar-refractivity contribution >= 4 is 0 Å². The molecule has 1 unspecified atom stereocenters. The molecule has 1 atom stereocenters. The molecule has 2 aliphatic rings. The monoisotopic (exact) mass is 281 g/mol. The predicted molar refractivity (Wildman–Crippen MR) is 46.7 cm³/mol. The molecule has 0 aromatic carbocycles. The van der Waals surface area contributed by atoms with E-state index in [4.69, 9.17) is 0 Å². The van der Waals surface area contributed by atoms with Gasteiger partial charge in [-0.05, 0) is 0 Å². The molecule has 72 valence electrons. The van der Waals surface area contributed by atoms with Crippen LogP contribution in [0.1, 0.15) is 19.3 Å². The first-order valence-electron chi connectivity index (χ1n) is 4.80. The van der Waals surface area contributed by atoms with E-state index in [0.717, 1.165) is 5.41 Å². The van der Waals surface area contributed by atoms with Crippen LogP contribution in [0.25, 0.3) is 0 Å². The van der Waals surface area contributed by atoms with E-state index in [2.05, 4.69) is 15.5 Å². The second-order valence-electron chi connectivity index (χ2n) is 4.24. The molecule has 0 saturated carbocycles. The van der Waals surface area contributed by atoms with Gasteiger partial charge in [-0.2, -0.15) is 0 Å². The zero-order valence-corrected chi connectivity index (χ0v) is 9.93. The summed E-state index contributed by atoms with van der Waals surface area (Å²) in [6, 6.07) is 0. The van der Waals surface area contributed by atoms with Crippen LogP contribution in [0.15, 0.2) is 0 Å². The Kier molecular flexibility index (Phi) is 2.92. The Bertz CT molecular complexity index is 149. The zero-order valence-electron chi connectivity index (χ0n) is 7.77. The van der Waals surface area contributed by atoms with Gasteiger partial charge in [0.15, 0.2) is 0 Å². The van der Waals surface area contributed by atoms with Crippen molar-refractivity contribution in [3.63, 3.8) is 0 Å². The van der Waals surface area contributed by atoms with Crippen LogP contribution < -0.4 is 25.0 Å². The van der Waals surface area contributed by atoms with Crippen molar-refractivity contribution < 1.29 is 21.5 Å². The molecule has 2 nitrogen and oxygen atoms in total. The van der Waals surface area contributed by atoms with Crippen LogP contribution in [0, 0.1) is 5.41 Å². The molecule has 0 aromatic rings. The van der Waals surface area contributed by atoms with Crippen molar-refractivity contribution in [3.8, 4) is 0 Å². The molecular formula is C9H18IN2-. The van der Waals surface area contributed by atoms with Crippen molar-refractivity contribution in [2.75, 3.05) is 31.1 Å². The minimum atomic E-state index is 0.344. The third-order valence-electron chi connectivity index (χ3n) is 3.05. The summed E-state index contributed by atoms with van der Waals surface area (Å²) in [4.78, 5) is 2.53. The standard InChI is InChI=1S/C9H18IN2/c1-12-6-2-3-9(8-12)4-5-11-10-7-9/h11H,2-8H2,1H3/q-1. The number of alkyl halides is 1. The number of nitrogens with zero attached hydrogens (tertiary/aromatic N) is 1. The van der Waals surface area contributed by atoms with E-state index in [9.17, 15) is 0 Å². The van der Waals surface area contributed by atoms with Gasteiger partial charge in [-0.1, -0.05) is 0 Å². The van der Waals surface area contributed by atoms with E-state index in [0.29, 0.717) is 21.5 Å². The van der Waals surface area contributed by atoms with Crippen LogP contribution in [0.4, 0.5) is 0 Å². The summed E-state index contributed by atoms with van der Waals surface area (Å²) >= 11 is 0.344. The average Bonchev–Trinajstić information content (AvgIpc) is 2.05. The summed E-state index contributed by atoms with van der Waals surface area (Å²) in [6.07, 6.45) is 4.36. The first-order valence-corrected chi connectivity index (χ1v) is 7.41. The molecule has 2 rings (SSSR count). The van der Waals surface area contributed by atoms with Crippen molar-refractivity contribution in [3.05, 3.63) is 0 Å². The average molecular weight is 281 g/mol. The van der Waals surface area contributed by atoms with E-state index in [-0.39, 0.29) is 0 Å². The van der Waals surface area contributed by atoms with Crippen molar-refractivity contribution in [2.24, 2.45) is 5.41 Å². The number of halogens is 1. The van der Waals surface area contributed by atoms with E-state index >= 15 is 0 Å². The van der Waals surface area contributed by atoms with Crippen LogP contribution in [-0.2, 0) is 0 Å². The van der Waals surface area contributed by atoms with Gasteiger partial charge in [0.1, 0.15) is 0 Å². The maximum atomic E-state index is 3.56. The van der Waals surface area contributed by atoms with Gasteiger partial charge >= 0.3 is 85.7 Å². The first kappa shape index (κ1) is 9.21. The molecule has 0 aliphatic carbocycles. The number of likely N-dealkylation sites (tertiary alicyclic amines) is 1. The molecule has 0 amide bonds. The second kappa shape index (κ2) is 3.80. The number of piperidine rings is 1. The molecule has 0 aromatic heterocycles. The number of nitrogens with one attached hydrogen (secondary N) is 1. The molecule has 0 radical (unpaired) electrons. The summed E-state index contributed by atoms with van der Waals surface area (Å²) in [6.45, 7) is 3.99. The van der Waals surface area contributed by atoms with E-state index < -0.39 is 0 Å². The molecular weight excluding hydrogens is 263 g/mol. The third-order valence-corrected chi connectivity index (χ3v) is 6.13. The van der Waals surface area contributed by atoms with Crippen LogP contribution in [0.3, 0.4) is 0 Å². The van der Waals surface area contributed by atoms with E-state index in [1.54, 1.807) is 0 Å². The topological polar surface area (TPSA) is 15.3 Å². The van der Waals surface area contributed by atoms with Crippen molar-refractivity contribution in [2.45, 2.75) is 19.3 Å². The quantitative estimate of drug-likeness (QED) is 0.305. The molecule has 3 heteroatoms. The van der Waals surface area contributed by atoms with Gasteiger partial charge < -0.3 is 0 Å². The molecule has 2 saturated heterocycles. The SMILES string of the molecule is CN1CCCC2(CCN[I-]C2)C1. The number of hydrogen-bond donors (Lipinski definition) is 1. The van der Waals surface area contributed by atoms with Gasteiger partial charge in [-0.3, -0.25) is 0 Å². The molecule has 2 fully saturated rings. The van der Waals surface area contributed by atoms with Crippen LogP contribution >= 0.6 is 0 Å². The third kappa shape index (κ3) is 1.93. The Morgan fingerprint density at radius 3 is 3.00 bits per heavy atom. The molecule has 1 N–H and O–H groups in total.